The van der Waals surface area contributed by atoms with Crippen LogP contribution in [0.5, 0.6) is 0 Å². The van der Waals surface area contributed by atoms with Crippen LogP contribution in [0, 0.1) is 12.7 Å². The van der Waals surface area contributed by atoms with E-state index in [1.165, 1.54) is 11.0 Å². The monoisotopic (exact) mass is 301 g/mol. The van der Waals surface area contributed by atoms with E-state index in [2.05, 4.69) is 20.7 Å². The molecule has 0 atom stereocenters. The van der Waals surface area contributed by atoms with Gasteiger partial charge in [0.2, 0.25) is 0 Å². The molecule has 1 saturated heterocycles. The van der Waals surface area contributed by atoms with Crippen molar-refractivity contribution in [2.75, 3.05) is 18.0 Å². The number of hydrogen-bond acceptors (Lipinski definition) is 4. The first-order valence-electron chi connectivity index (χ1n) is 4.91. The smallest absolute Gasteiger partial charge is 0.333 e. The Balaban J connectivity index is 2.36. The molecule has 1 heterocycles. The molecule has 2 rings (SSSR count). The summed E-state index contributed by atoms with van der Waals surface area (Å²) in [6, 6.07) is 2.90. The first-order valence-corrected chi connectivity index (χ1v) is 5.71. The molecular formula is C11H9BrFNO3. The minimum absolute atomic E-state index is 0.0480. The predicted molar refractivity (Wildman–Crippen MR) is 62.1 cm³/mol. The zero-order valence-electron chi connectivity index (χ0n) is 9.00. The molecule has 1 aliphatic heterocycles. The van der Waals surface area contributed by atoms with E-state index in [0.29, 0.717) is 10.2 Å². The maximum absolute atomic E-state index is 13.4. The molecule has 0 spiro atoms. The molecule has 0 aliphatic carbocycles. The number of hydrogen-bond donors (Lipinski definition) is 0. The highest BCUT2D eigenvalue weighted by molar-refractivity contribution is 9.10. The van der Waals surface area contributed by atoms with Crippen molar-refractivity contribution in [2.24, 2.45) is 0 Å². The van der Waals surface area contributed by atoms with E-state index >= 15 is 0 Å². The number of carbonyl (C=O) groups excluding carboxylic acids is 2. The first-order chi connectivity index (χ1) is 7.97. The number of esters is 2. The van der Waals surface area contributed by atoms with Gasteiger partial charge in [-0.05, 0) is 40.5 Å². The summed E-state index contributed by atoms with van der Waals surface area (Å²) in [5.74, 6) is -1.68. The van der Waals surface area contributed by atoms with Crippen molar-refractivity contribution in [3.05, 3.63) is 28.0 Å². The fourth-order valence-corrected chi connectivity index (χ4v) is 2.16. The number of halogens is 2. The summed E-state index contributed by atoms with van der Waals surface area (Å²) in [5, 5.41) is 0. The van der Waals surface area contributed by atoms with Gasteiger partial charge in [-0.15, -0.1) is 0 Å². The molecule has 1 aliphatic rings. The van der Waals surface area contributed by atoms with Gasteiger partial charge in [-0.1, -0.05) is 0 Å². The van der Waals surface area contributed by atoms with Gasteiger partial charge in [-0.3, -0.25) is 0 Å². The van der Waals surface area contributed by atoms with Crippen molar-refractivity contribution >= 4 is 33.6 Å². The molecule has 1 aromatic rings. The minimum atomic E-state index is -0.621. The number of benzene rings is 1. The van der Waals surface area contributed by atoms with Crippen molar-refractivity contribution in [1.82, 2.24) is 0 Å². The number of rotatable bonds is 1. The van der Waals surface area contributed by atoms with Crippen LogP contribution in [0.3, 0.4) is 0 Å². The van der Waals surface area contributed by atoms with E-state index in [4.69, 9.17) is 0 Å². The topological polar surface area (TPSA) is 46.6 Å². The molecule has 90 valence electrons. The van der Waals surface area contributed by atoms with Crippen LogP contribution in [0.4, 0.5) is 10.1 Å². The highest BCUT2D eigenvalue weighted by Crippen LogP contribution is 2.27. The van der Waals surface area contributed by atoms with E-state index < -0.39 is 17.8 Å². The van der Waals surface area contributed by atoms with Crippen molar-refractivity contribution in [3.8, 4) is 0 Å². The Kier molecular flexibility index (Phi) is 3.15. The van der Waals surface area contributed by atoms with Gasteiger partial charge in [0.15, 0.2) is 0 Å². The van der Waals surface area contributed by atoms with Crippen LogP contribution in [-0.4, -0.2) is 25.0 Å². The van der Waals surface area contributed by atoms with E-state index in [1.54, 1.807) is 13.0 Å². The Labute approximate surface area is 105 Å². The molecule has 4 nitrogen and oxygen atoms in total. The number of nitrogens with zero attached hydrogens (tertiary/aromatic N) is 1. The molecule has 1 aromatic carbocycles. The third-order valence-corrected chi connectivity index (χ3v) is 3.05. The lowest BCUT2D eigenvalue weighted by molar-refractivity contribution is -0.160. The molecule has 1 fully saturated rings. The Hall–Kier alpha value is -1.43. The summed E-state index contributed by atoms with van der Waals surface area (Å²) >= 11 is 3.08. The van der Waals surface area contributed by atoms with Gasteiger partial charge in [0.25, 0.3) is 0 Å². The van der Waals surface area contributed by atoms with Crippen LogP contribution in [-0.2, 0) is 14.3 Å². The maximum atomic E-state index is 13.4. The Morgan fingerprint density at radius 3 is 2.47 bits per heavy atom. The van der Waals surface area contributed by atoms with Gasteiger partial charge in [-0.2, -0.15) is 0 Å². The summed E-state index contributed by atoms with van der Waals surface area (Å²) in [4.78, 5) is 23.8. The number of anilines is 1. The Morgan fingerprint density at radius 2 is 1.88 bits per heavy atom. The zero-order chi connectivity index (χ0) is 12.6. The average Bonchev–Trinajstić information content (AvgIpc) is 2.22. The van der Waals surface area contributed by atoms with Crippen LogP contribution in [0.1, 0.15) is 5.56 Å². The fraction of sp³-hybridized carbons (Fsp3) is 0.273. The Bertz CT molecular complexity index is 488. The molecule has 0 amide bonds. The van der Waals surface area contributed by atoms with Gasteiger partial charge >= 0.3 is 11.9 Å². The number of carbonyl (C=O) groups is 2. The fourth-order valence-electron chi connectivity index (χ4n) is 1.71. The number of morpholine rings is 1. The first kappa shape index (κ1) is 12.0. The SMILES string of the molecule is Cc1cc(Br)c(F)cc1N1CC(=O)OC(=O)C1. The van der Waals surface area contributed by atoms with E-state index in [9.17, 15) is 14.0 Å². The summed E-state index contributed by atoms with van der Waals surface area (Å²) in [6.45, 7) is 1.69. The second-order valence-corrected chi connectivity index (χ2v) is 4.61. The quantitative estimate of drug-likeness (QED) is 0.586. The third kappa shape index (κ3) is 2.46. The normalized spacial score (nSPS) is 16.1. The van der Waals surface area contributed by atoms with Crippen LogP contribution >= 0.6 is 15.9 Å². The van der Waals surface area contributed by atoms with E-state index in [0.717, 1.165) is 5.56 Å². The lowest BCUT2D eigenvalue weighted by atomic mass is 10.1. The summed E-state index contributed by atoms with van der Waals surface area (Å²) in [6.07, 6.45) is 0. The minimum Gasteiger partial charge on any atom is -0.390 e. The number of ether oxygens (including phenoxy) is 1. The standard InChI is InChI=1S/C11H9BrFNO3/c1-6-2-7(12)8(13)3-9(6)14-4-10(15)17-11(16)5-14/h2-3H,4-5H2,1H3. The molecule has 0 unspecified atom stereocenters. The number of cyclic esters (lactones) is 2. The van der Waals surface area contributed by atoms with E-state index in [-0.39, 0.29) is 13.1 Å². The van der Waals surface area contributed by atoms with Crippen molar-refractivity contribution in [2.45, 2.75) is 6.92 Å². The average molecular weight is 302 g/mol. The molecule has 0 radical (unpaired) electrons. The second kappa shape index (κ2) is 4.44. The second-order valence-electron chi connectivity index (χ2n) is 3.75. The van der Waals surface area contributed by atoms with Gasteiger partial charge in [-0.25, -0.2) is 14.0 Å². The van der Waals surface area contributed by atoms with Crippen molar-refractivity contribution < 1.29 is 18.7 Å². The van der Waals surface area contributed by atoms with Gasteiger partial charge in [0.05, 0.1) is 4.47 Å². The molecule has 0 bridgehead atoms. The maximum Gasteiger partial charge on any atom is 0.333 e. The van der Waals surface area contributed by atoms with Gasteiger partial charge in [0, 0.05) is 5.69 Å². The zero-order valence-corrected chi connectivity index (χ0v) is 10.6. The van der Waals surface area contributed by atoms with Crippen LogP contribution < -0.4 is 4.90 Å². The van der Waals surface area contributed by atoms with Crippen LogP contribution in [0.25, 0.3) is 0 Å². The van der Waals surface area contributed by atoms with Gasteiger partial charge < -0.3 is 9.64 Å². The predicted octanol–water partition coefficient (Wildman–Crippen LogP) is 1.79. The number of aryl methyl sites for hydroxylation is 1. The largest absolute Gasteiger partial charge is 0.390 e. The van der Waals surface area contributed by atoms with Crippen molar-refractivity contribution in [1.29, 1.82) is 0 Å². The summed E-state index contributed by atoms with van der Waals surface area (Å²) in [7, 11) is 0. The summed E-state index contributed by atoms with van der Waals surface area (Å²) in [5.41, 5.74) is 1.30. The van der Waals surface area contributed by atoms with Crippen molar-refractivity contribution in [3.63, 3.8) is 0 Å². The molecule has 17 heavy (non-hydrogen) atoms. The molecule has 0 saturated carbocycles. The lowest BCUT2D eigenvalue weighted by Crippen LogP contribution is -2.43. The third-order valence-electron chi connectivity index (χ3n) is 2.45. The highest BCUT2D eigenvalue weighted by atomic mass is 79.9. The van der Waals surface area contributed by atoms with Gasteiger partial charge in [0.1, 0.15) is 18.9 Å². The molecular weight excluding hydrogens is 293 g/mol. The Morgan fingerprint density at radius 1 is 1.29 bits per heavy atom. The highest BCUT2D eigenvalue weighted by Gasteiger charge is 2.26. The van der Waals surface area contributed by atoms with Crippen LogP contribution in [0.2, 0.25) is 0 Å². The molecule has 0 aromatic heterocycles. The summed E-state index contributed by atoms with van der Waals surface area (Å²) < 4.78 is 18.2. The van der Waals surface area contributed by atoms with E-state index in [1.807, 2.05) is 0 Å². The molecule has 0 N–H and O–H groups in total. The van der Waals surface area contributed by atoms with Crippen LogP contribution in [0.15, 0.2) is 16.6 Å². The lowest BCUT2D eigenvalue weighted by Gasteiger charge is -2.27. The molecule has 6 heteroatoms.